The van der Waals surface area contributed by atoms with E-state index in [0.717, 1.165) is 5.56 Å². The summed E-state index contributed by atoms with van der Waals surface area (Å²) in [6.07, 6.45) is 2.22. The van der Waals surface area contributed by atoms with Crippen molar-refractivity contribution in [2.24, 2.45) is 4.40 Å². The fourth-order valence-electron chi connectivity index (χ4n) is 5.51. The van der Waals surface area contributed by atoms with Crippen LogP contribution in [0.4, 0.5) is 10.1 Å². The summed E-state index contributed by atoms with van der Waals surface area (Å²) in [7, 11) is -4.27. The first-order valence-corrected chi connectivity index (χ1v) is 14.4. The number of ketones is 1. The molecule has 202 valence electrons. The molecule has 0 spiro atoms. The average molecular weight is 549 g/mol. The number of hydrogen-bond acceptors (Lipinski definition) is 6. The lowest BCUT2D eigenvalue weighted by Crippen LogP contribution is -2.44. The zero-order valence-corrected chi connectivity index (χ0v) is 22.5. The van der Waals surface area contributed by atoms with Crippen molar-refractivity contribution < 1.29 is 27.4 Å². The molecule has 3 aromatic carbocycles. The number of aliphatic hydroxyl groups is 1. The maximum Gasteiger partial charge on any atom is 0.286 e. The molecule has 0 saturated carbocycles. The quantitative estimate of drug-likeness (QED) is 0.342. The molecule has 0 unspecified atom stereocenters. The van der Waals surface area contributed by atoms with Gasteiger partial charge in [0.05, 0.1) is 11.1 Å². The van der Waals surface area contributed by atoms with Crippen molar-refractivity contribution in [2.75, 3.05) is 5.32 Å². The third kappa shape index (κ3) is 4.71. The molecule has 9 heteroatoms. The number of amidine groups is 1. The van der Waals surface area contributed by atoms with Gasteiger partial charge in [0.2, 0.25) is 0 Å². The van der Waals surface area contributed by atoms with E-state index in [1.807, 2.05) is 44.2 Å². The Morgan fingerprint density at radius 2 is 1.72 bits per heavy atom. The lowest BCUT2D eigenvalue weighted by Gasteiger charge is -2.39. The number of ether oxygens (including phenoxy) is 1. The van der Waals surface area contributed by atoms with Crippen LogP contribution in [0.3, 0.4) is 0 Å². The summed E-state index contributed by atoms with van der Waals surface area (Å²) >= 11 is 0. The number of nitrogens with zero attached hydrogens (tertiary/aromatic N) is 1. The van der Waals surface area contributed by atoms with Crippen LogP contribution in [-0.4, -0.2) is 25.1 Å². The van der Waals surface area contributed by atoms with E-state index < -0.39 is 32.8 Å². The van der Waals surface area contributed by atoms with Crippen molar-refractivity contribution in [3.63, 3.8) is 0 Å². The van der Waals surface area contributed by atoms with Crippen LogP contribution in [0, 0.1) is 5.82 Å². The van der Waals surface area contributed by atoms with E-state index in [2.05, 4.69) is 9.71 Å². The van der Waals surface area contributed by atoms with Crippen LogP contribution in [0.2, 0.25) is 0 Å². The van der Waals surface area contributed by atoms with Gasteiger partial charge < -0.3 is 15.2 Å². The van der Waals surface area contributed by atoms with Crippen molar-refractivity contribution >= 4 is 33.1 Å². The molecule has 0 saturated heterocycles. The van der Waals surface area contributed by atoms with Gasteiger partial charge in [-0.3, -0.25) is 4.79 Å². The Balaban J connectivity index is 1.57. The van der Waals surface area contributed by atoms with Gasteiger partial charge in [-0.2, -0.15) is 8.42 Å². The highest BCUT2D eigenvalue weighted by atomic mass is 32.2. The average Bonchev–Trinajstić information content (AvgIpc) is 2.91. The summed E-state index contributed by atoms with van der Waals surface area (Å²) in [5.41, 5.74) is 0.532. The normalized spacial score (nSPS) is 17.1. The number of nitrogens with one attached hydrogen (secondary N) is 1. The summed E-state index contributed by atoms with van der Waals surface area (Å²) in [4.78, 5) is 14.0. The van der Waals surface area contributed by atoms with Crippen molar-refractivity contribution in [2.45, 2.75) is 56.4 Å². The van der Waals surface area contributed by atoms with E-state index in [0.29, 0.717) is 37.0 Å². The van der Waals surface area contributed by atoms with Crippen LogP contribution in [0.5, 0.6) is 5.75 Å². The predicted octanol–water partition coefficient (Wildman–Crippen LogP) is 6.31. The molecule has 1 aliphatic heterocycles. The zero-order chi connectivity index (χ0) is 27.8. The number of hydrogen-bond donors (Lipinski definition) is 2. The molecule has 0 radical (unpaired) electrons. The summed E-state index contributed by atoms with van der Waals surface area (Å²) in [6, 6.07) is 18.0. The highest BCUT2D eigenvalue weighted by Crippen LogP contribution is 2.47. The molecular weight excluding hydrogens is 519 g/mol. The number of sulfonamides is 1. The summed E-state index contributed by atoms with van der Waals surface area (Å²) in [5, 5.41) is 14.2. The Morgan fingerprint density at radius 3 is 2.41 bits per heavy atom. The van der Waals surface area contributed by atoms with Gasteiger partial charge >= 0.3 is 0 Å². The Morgan fingerprint density at radius 1 is 1.00 bits per heavy atom. The van der Waals surface area contributed by atoms with Gasteiger partial charge in [0.1, 0.15) is 34.4 Å². The molecule has 0 aromatic heterocycles. The third-order valence-corrected chi connectivity index (χ3v) is 8.50. The first kappa shape index (κ1) is 26.6. The SMILES string of the molecule is CCCC1(CCC)C(=O)C(C2=NS(=O)(=O)c3cc(OCc4ccccc4)ccc3N2)=C(O)c2cc(F)ccc21. The number of anilines is 1. The Kier molecular flexibility index (Phi) is 7.03. The van der Waals surface area contributed by atoms with Gasteiger partial charge in [-0.05, 0) is 48.2 Å². The van der Waals surface area contributed by atoms with E-state index in [1.54, 1.807) is 12.1 Å². The highest BCUT2D eigenvalue weighted by Gasteiger charge is 2.48. The molecule has 0 atom stereocenters. The molecule has 2 N–H and O–H groups in total. The summed E-state index contributed by atoms with van der Waals surface area (Å²) in [6.45, 7) is 4.14. The van der Waals surface area contributed by atoms with Crippen molar-refractivity contribution in [1.82, 2.24) is 0 Å². The van der Waals surface area contributed by atoms with Crippen molar-refractivity contribution in [3.8, 4) is 5.75 Å². The number of halogens is 1. The Bertz CT molecular complexity index is 1610. The molecule has 1 heterocycles. The summed E-state index contributed by atoms with van der Waals surface area (Å²) in [5.74, 6) is -1.45. The fraction of sp³-hybridized carbons (Fsp3) is 0.267. The molecule has 1 aliphatic carbocycles. The second-order valence-electron chi connectivity index (χ2n) is 9.80. The monoisotopic (exact) mass is 548 g/mol. The van der Waals surface area contributed by atoms with Crippen molar-refractivity contribution in [1.29, 1.82) is 0 Å². The molecule has 39 heavy (non-hydrogen) atoms. The zero-order valence-electron chi connectivity index (χ0n) is 21.7. The minimum Gasteiger partial charge on any atom is -0.506 e. The van der Waals surface area contributed by atoms with Gasteiger partial charge in [0.25, 0.3) is 10.0 Å². The standard InChI is InChI=1S/C30H29FN2O5S/c1-3-14-30(15-4-2)23-12-10-20(31)16-22(23)27(34)26(28(30)35)29-32-24-13-11-21(17-25(24)39(36,37)33-29)38-18-19-8-6-5-7-9-19/h5-13,16-17,34H,3-4,14-15,18H2,1-2H3,(H,32,33). The number of carbonyl (C=O) groups is 1. The maximum atomic E-state index is 14.3. The fourth-order valence-corrected chi connectivity index (χ4v) is 6.64. The number of Topliss-reactive ketones (excluding diaryl/α,β-unsaturated/α-hetero) is 1. The Hall–Kier alpha value is -3.98. The van der Waals surface area contributed by atoms with Crippen LogP contribution in [0.1, 0.15) is 56.2 Å². The van der Waals surface area contributed by atoms with Gasteiger partial charge in [-0.25, -0.2) is 4.39 Å². The predicted molar refractivity (Wildman–Crippen MR) is 148 cm³/mol. The number of fused-ring (bicyclic) bond motifs is 2. The van der Waals surface area contributed by atoms with Gasteiger partial charge in [-0.1, -0.05) is 63.1 Å². The van der Waals surface area contributed by atoms with E-state index in [4.69, 9.17) is 4.74 Å². The van der Waals surface area contributed by atoms with E-state index in [1.165, 1.54) is 24.3 Å². The number of rotatable bonds is 8. The van der Waals surface area contributed by atoms with Crippen LogP contribution < -0.4 is 10.1 Å². The topological polar surface area (TPSA) is 105 Å². The molecule has 5 rings (SSSR count). The number of benzene rings is 3. The lowest BCUT2D eigenvalue weighted by atomic mass is 9.63. The number of aliphatic hydroxyl groups excluding tert-OH is 1. The van der Waals surface area contributed by atoms with Gasteiger partial charge in [0.15, 0.2) is 11.6 Å². The molecule has 0 amide bonds. The second kappa shape index (κ2) is 10.3. The lowest BCUT2D eigenvalue weighted by molar-refractivity contribution is -0.121. The van der Waals surface area contributed by atoms with Crippen LogP contribution in [-0.2, 0) is 26.8 Å². The molecular formula is C30H29FN2O5S. The first-order valence-electron chi connectivity index (χ1n) is 12.9. The molecule has 0 bridgehead atoms. The third-order valence-electron chi connectivity index (χ3n) is 7.19. The smallest absolute Gasteiger partial charge is 0.286 e. The Labute approximate surface area is 227 Å². The van der Waals surface area contributed by atoms with Crippen LogP contribution in [0.25, 0.3) is 5.76 Å². The largest absolute Gasteiger partial charge is 0.506 e. The van der Waals surface area contributed by atoms with Gasteiger partial charge in [-0.15, -0.1) is 4.40 Å². The second-order valence-corrected chi connectivity index (χ2v) is 11.4. The molecule has 2 aliphatic rings. The molecule has 3 aromatic rings. The maximum absolute atomic E-state index is 14.3. The minimum absolute atomic E-state index is 0.111. The van der Waals surface area contributed by atoms with Gasteiger partial charge in [0, 0.05) is 11.6 Å². The summed E-state index contributed by atoms with van der Waals surface area (Å²) < 4.78 is 50.6. The number of carbonyl (C=O) groups excluding carboxylic acids is 1. The minimum atomic E-state index is -4.27. The van der Waals surface area contributed by atoms with E-state index >= 15 is 0 Å². The first-order chi connectivity index (χ1) is 18.7. The van der Waals surface area contributed by atoms with Crippen molar-refractivity contribution in [3.05, 3.63) is 94.8 Å². The molecule has 7 nitrogen and oxygen atoms in total. The van der Waals surface area contributed by atoms with Crippen LogP contribution >= 0.6 is 0 Å². The highest BCUT2D eigenvalue weighted by molar-refractivity contribution is 7.90. The molecule has 0 fully saturated rings. The van der Waals surface area contributed by atoms with E-state index in [9.17, 15) is 22.7 Å². The van der Waals surface area contributed by atoms with E-state index in [-0.39, 0.29) is 34.2 Å². The van der Waals surface area contributed by atoms with Crippen LogP contribution in [0.15, 0.2) is 81.6 Å².